The SMILES string of the molecule is CC(=O)OCOC(=O)c1ccccc1-n1cccc1. The van der Waals surface area contributed by atoms with Crippen LogP contribution >= 0.6 is 0 Å². The molecule has 2 aromatic rings. The molecule has 0 spiro atoms. The monoisotopic (exact) mass is 259 g/mol. The van der Waals surface area contributed by atoms with E-state index in [2.05, 4.69) is 4.74 Å². The molecule has 0 radical (unpaired) electrons. The first-order valence-corrected chi connectivity index (χ1v) is 5.71. The number of benzene rings is 1. The first-order valence-electron chi connectivity index (χ1n) is 5.71. The predicted molar refractivity (Wildman–Crippen MR) is 67.8 cm³/mol. The average molecular weight is 259 g/mol. The number of carbonyl (C=O) groups excluding carboxylic acids is 2. The lowest BCUT2D eigenvalue weighted by molar-refractivity contribution is -0.149. The number of hydrogen-bond acceptors (Lipinski definition) is 4. The van der Waals surface area contributed by atoms with E-state index in [0.29, 0.717) is 11.3 Å². The van der Waals surface area contributed by atoms with Gasteiger partial charge in [0.25, 0.3) is 0 Å². The van der Waals surface area contributed by atoms with Gasteiger partial charge >= 0.3 is 11.9 Å². The van der Waals surface area contributed by atoms with Gasteiger partial charge in [0.05, 0.1) is 11.3 Å². The standard InChI is InChI=1S/C14H13NO4/c1-11(16)18-10-19-14(17)12-6-2-3-7-13(12)15-8-4-5-9-15/h2-9H,10H2,1H3. The molecule has 0 bridgehead atoms. The van der Waals surface area contributed by atoms with E-state index in [1.807, 2.05) is 41.2 Å². The summed E-state index contributed by atoms with van der Waals surface area (Å²) in [5.74, 6) is -1.03. The number of nitrogens with zero attached hydrogens (tertiary/aromatic N) is 1. The van der Waals surface area contributed by atoms with Crippen LogP contribution in [0.2, 0.25) is 0 Å². The maximum atomic E-state index is 11.9. The molecule has 5 heteroatoms. The van der Waals surface area contributed by atoms with Crippen molar-refractivity contribution in [2.45, 2.75) is 6.92 Å². The summed E-state index contributed by atoms with van der Waals surface area (Å²) in [4.78, 5) is 22.5. The van der Waals surface area contributed by atoms with Crippen LogP contribution in [0.3, 0.4) is 0 Å². The van der Waals surface area contributed by atoms with Crippen LogP contribution in [-0.2, 0) is 14.3 Å². The van der Waals surface area contributed by atoms with Crippen molar-refractivity contribution in [1.29, 1.82) is 0 Å². The second kappa shape index (κ2) is 5.86. The average Bonchev–Trinajstić information content (AvgIpc) is 2.92. The zero-order valence-electron chi connectivity index (χ0n) is 10.4. The van der Waals surface area contributed by atoms with Crippen molar-refractivity contribution in [2.24, 2.45) is 0 Å². The van der Waals surface area contributed by atoms with Crippen molar-refractivity contribution in [3.05, 3.63) is 54.4 Å². The third kappa shape index (κ3) is 3.22. The first-order chi connectivity index (χ1) is 9.18. The summed E-state index contributed by atoms with van der Waals surface area (Å²) in [6, 6.07) is 10.8. The molecule has 5 nitrogen and oxygen atoms in total. The van der Waals surface area contributed by atoms with Gasteiger partial charge in [-0.1, -0.05) is 12.1 Å². The van der Waals surface area contributed by atoms with Crippen molar-refractivity contribution in [3.63, 3.8) is 0 Å². The molecule has 1 heterocycles. The summed E-state index contributed by atoms with van der Waals surface area (Å²) in [7, 11) is 0. The molecule has 1 aromatic carbocycles. The number of esters is 2. The zero-order chi connectivity index (χ0) is 13.7. The Morgan fingerprint density at radius 1 is 1.05 bits per heavy atom. The van der Waals surface area contributed by atoms with Gasteiger partial charge in [0.15, 0.2) is 0 Å². The van der Waals surface area contributed by atoms with E-state index in [9.17, 15) is 9.59 Å². The molecular weight excluding hydrogens is 246 g/mol. The molecule has 0 N–H and O–H groups in total. The summed E-state index contributed by atoms with van der Waals surface area (Å²) in [6.07, 6.45) is 3.66. The van der Waals surface area contributed by atoms with Crippen LogP contribution in [0.5, 0.6) is 0 Å². The minimum Gasteiger partial charge on any atom is -0.428 e. The van der Waals surface area contributed by atoms with Crippen LogP contribution in [0.25, 0.3) is 5.69 Å². The Balaban J connectivity index is 2.16. The van der Waals surface area contributed by atoms with Gasteiger partial charge in [0.2, 0.25) is 6.79 Å². The Labute approximate surface area is 110 Å². The van der Waals surface area contributed by atoms with Crippen molar-refractivity contribution >= 4 is 11.9 Å². The number of para-hydroxylation sites is 1. The van der Waals surface area contributed by atoms with E-state index in [1.165, 1.54) is 6.92 Å². The molecule has 0 saturated heterocycles. The number of aromatic nitrogens is 1. The van der Waals surface area contributed by atoms with Crippen LogP contribution in [-0.4, -0.2) is 23.3 Å². The minimum atomic E-state index is -0.537. The molecule has 0 amide bonds. The maximum absolute atomic E-state index is 11.9. The second-order valence-corrected chi connectivity index (χ2v) is 3.79. The smallest absolute Gasteiger partial charge is 0.343 e. The Hall–Kier alpha value is -2.56. The molecule has 0 saturated carbocycles. The van der Waals surface area contributed by atoms with Gasteiger partial charge < -0.3 is 14.0 Å². The van der Waals surface area contributed by atoms with E-state index < -0.39 is 11.9 Å². The maximum Gasteiger partial charge on any atom is 0.343 e. The quantitative estimate of drug-likeness (QED) is 0.623. The van der Waals surface area contributed by atoms with E-state index >= 15 is 0 Å². The summed E-state index contributed by atoms with van der Waals surface area (Å²) in [5.41, 5.74) is 1.12. The lowest BCUT2D eigenvalue weighted by atomic mass is 10.2. The highest BCUT2D eigenvalue weighted by Crippen LogP contribution is 2.15. The van der Waals surface area contributed by atoms with Gasteiger partial charge in [-0.05, 0) is 24.3 Å². The molecule has 19 heavy (non-hydrogen) atoms. The molecule has 0 aliphatic heterocycles. The predicted octanol–water partition coefficient (Wildman–Crippen LogP) is 2.15. The van der Waals surface area contributed by atoms with Gasteiger partial charge in [-0.25, -0.2) is 4.79 Å². The Bertz CT molecular complexity index is 575. The Morgan fingerprint density at radius 2 is 1.74 bits per heavy atom. The van der Waals surface area contributed by atoms with Crippen LogP contribution in [0.4, 0.5) is 0 Å². The van der Waals surface area contributed by atoms with Crippen molar-refractivity contribution < 1.29 is 19.1 Å². The van der Waals surface area contributed by atoms with Crippen molar-refractivity contribution in [2.75, 3.05) is 6.79 Å². The number of rotatable bonds is 4. The molecular formula is C14H13NO4. The molecule has 0 unspecified atom stereocenters. The highest BCUT2D eigenvalue weighted by Gasteiger charge is 2.13. The fourth-order valence-corrected chi connectivity index (χ4v) is 1.61. The molecule has 98 valence electrons. The van der Waals surface area contributed by atoms with Crippen LogP contribution in [0.1, 0.15) is 17.3 Å². The second-order valence-electron chi connectivity index (χ2n) is 3.79. The van der Waals surface area contributed by atoms with E-state index in [-0.39, 0.29) is 6.79 Å². The molecule has 0 aliphatic carbocycles. The highest BCUT2D eigenvalue weighted by atomic mass is 16.7. The molecule has 2 rings (SSSR count). The molecule has 1 aromatic heterocycles. The third-order valence-corrected chi connectivity index (χ3v) is 2.46. The zero-order valence-corrected chi connectivity index (χ0v) is 10.4. The first kappa shape index (κ1) is 12.9. The van der Waals surface area contributed by atoms with Gasteiger partial charge in [0, 0.05) is 19.3 Å². The van der Waals surface area contributed by atoms with E-state index in [4.69, 9.17) is 4.74 Å². The number of hydrogen-bond donors (Lipinski definition) is 0. The Morgan fingerprint density at radius 3 is 2.42 bits per heavy atom. The van der Waals surface area contributed by atoms with Crippen molar-refractivity contribution in [3.8, 4) is 5.69 Å². The molecule has 0 atom stereocenters. The largest absolute Gasteiger partial charge is 0.428 e. The topological polar surface area (TPSA) is 57.5 Å². The lowest BCUT2D eigenvalue weighted by Crippen LogP contribution is -2.13. The fourth-order valence-electron chi connectivity index (χ4n) is 1.61. The van der Waals surface area contributed by atoms with E-state index in [1.54, 1.807) is 12.1 Å². The minimum absolute atomic E-state index is 0.381. The van der Waals surface area contributed by atoms with Gasteiger partial charge in [-0.15, -0.1) is 0 Å². The summed E-state index contributed by atoms with van der Waals surface area (Å²) in [5, 5.41) is 0. The third-order valence-electron chi connectivity index (χ3n) is 2.46. The van der Waals surface area contributed by atoms with Crippen molar-refractivity contribution in [1.82, 2.24) is 4.57 Å². The van der Waals surface area contributed by atoms with Gasteiger partial charge in [-0.3, -0.25) is 4.79 Å². The normalized spacial score (nSPS) is 9.95. The summed E-state index contributed by atoms with van der Waals surface area (Å²) >= 11 is 0. The van der Waals surface area contributed by atoms with Crippen LogP contribution < -0.4 is 0 Å². The van der Waals surface area contributed by atoms with Gasteiger partial charge in [0.1, 0.15) is 0 Å². The lowest BCUT2D eigenvalue weighted by Gasteiger charge is -2.10. The Kier molecular flexibility index (Phi) is 3.97. The van der Waals surface area contributed by atoms with Gasteiger partial charge in [-0.2, -0.15) is 0 Å². The van der Waals surface area contributed by atoms with E-state index in [0.717, 1.165) is 0 Å². The highest BCUT2D eigenvalue weighted by molar-refractivity contribution is 5.93. The van der Waals surface area contributed by atoms with Crippen LogP contribution in [0.15, 0.2) is 48.8 Å². The summed E-state index contributed by atoms with van der Waals surface area (Å²) < 4.78 is 11.3. The number of ether oxygens (including phenoxy) is 2. The van der Waals surface area contributed by atoms with Crippen LogP contribution in [0, 0.1) is 0 Å². The molecule has 0 fully saturated rings. The summed E-state index contributed by atoms with van der Waals surface area (Å²) in [6.45, 7) is 0.871. The fraction of sp³-hybridized carbons (Fsp3) is 0.143. The molecule has 0 aliphatic rings. The number of carbonyl (C=O) groups is 2.